The van der Waals surface area contributed by atoms with Crippen LogP contribution in [0.15, 0.2) is 70.6 Å². The van der Waals surface area contributed by atoms with Crippen molar-refractivity contribution < 1.29 is 60.0 Å². The number of H-pyrrole nitrogens is 1. The molecule has 6 fully saturated rings. The van der Waals surface area contributed by atoms with Crippen molar-refractivity contribution in [1.29, 1.82) is 0 Å². The summed E-state index contributed by atoms with van der Waals surface area (Å²) in [6, 6.07) is 7.28. The van der Waals surface area contributed by atoms with Crippen molar-refractivity contribution >= 4 is 45.1 Å². The molecule has 3 heterocycles. The zero-order chi connectivity index (χ0) is 62.7. The topological polar surface area (TPSA) is 314 Å². The summed E-state index contributed by atoms with van der Waals surface area (Å²) in [4.78, 5) is 53.9. The standard InChI is InChI=1S/C69H97N5O12S2/c1-5-6-7-21-68-52-37-88-87-36-45(39-13-16-46(77)17-14-39)28-54(78)53(34-76)74-59(62(68)82)58-51(65(68,3)31-55(79)60(52)81)19-22-67(23-25-73-64(70)71)61-42(30-69(58,67)85)10-8-9-41(50-35-86-63(83)57(50)43-20-24-72-32-43)27-49-47(44(33-75)29-56(80)66(61,4)84)18-15-40-12-11-38(2)26-48(40)49/h13-17,20,24,32,38,41-42,44-45,47-53,55-57,60-61,72,74-77,79-81,84-85H,5-7,10-12,18-19,21-23,25-31,33-37H2,1-4H3,(H4,70,71,73). The van der Waals surface area contributed by atoms with Crippen LogP contribution in [0.1, 0.15) is 160 Å². The number of fused-ring (bicyclic) bond motifs is 10. The number of phenolic OH excluding ortho intramolecular Hbond substituents is 1. The predicted octanol–water partition coefficient (Wildman–Crippen LogP) is 7.17. The largest absolute Gasteiger partial charge is 0.508 e. The molecule has 7 aliphatic carbocycles. The monoisotopic (exact) mass is 1250 g/mol. The number of benzene rings is 1. The second-order valence-corrected chi connectivity index (χ2v) is 31.4. The lowest BCUT2D eigenvalue weighted by Crippen LogP contribution is -2.71. The highest BCUT2D eigenvalue weighted by Crippen LogP contribution is 2.75. The van der Waals surface area contributed by atoms with Gasteiger partial charge in [0.2, 0.25) is 0 Å². The van der Waals surface area contributed by atoms with Crippen molar-refractivity contribution in [2.24, 2.45) is 97.8 Å². The number of unbranched alkanes of at least 4 members (excludes halogenated alkanes) is 2. The van der Waals surface area contributed by atoms with Crippen molar-refractivity contribution in [3.8, 4) is 17.6 Å². The number of allylic oxidation sites excluding steroid dienone is 3. The van der Waals surface area contributed by atoms with E-state index in [1.807, 2.05) is 25.4 Å². The number of carbonyl (C=O) groups excluding carboxylic acids is 3. The van der Waals surface area contributed by atoms with Gasteiger partial charge in [0.05, 0.1) is 54.3 Å². The Bertz CT molecular complexity index is 3030. The molecular formula is C69H97N5O12S2. The summed E-state index contributed by atoms with van der Waals surface area (Å²) in [5, 5.41) is 104. The molecule has 1 aromatic carbocycles. The van der Waals surface area contributed by atoms with Crippen molar-refractivity contribution in [2.75, 3.05) is 37.9 Å². The normalized spacial score (nSPS) is 42.8. The number of aromatic hydroxyl groups is 1. The minimum Gasteiger partial charge on any atom is -0.508 e. The fraction of sp³-hybridized carbons (Fsp3) is 0.710. The molecule has 2 aliphatic heterocycles. The first-order valence-electron chi connectivity index (χ1n) is 32.9. The third kappa shape index (κ3) is 11.2. The van der Waals surface area contributed by atoms with Crippen LogP contribution in [0.3, 0.4) is 0 Å². The van der Waals surface area contributed by atoms with Crippen LogP contribution in [-0.2, 0) is 19.1 Å². The van der Waals surface area contributed by atoms with Crippen molar-refractivity contribution in [2.45, 2.75) is 184 Å². The SMILES string of the molecule is CCCCCC12C(=O)C3=C4C(CCC5(CCN=C(N)N)C6C(CC#CC(C7COC(=O)C7c7cc[nH]c7)CC7C8CC(C)CCC8=CCC7C(CO)CC(O)C6(C)O)CC45O)C1(C)CC(O)C(O)C2CSSCC(c1ccc(O)cc1)CC(=O)C(CO)N3. The Balaban J connectivity index is 1.12. The minimum atomic E-state index is -2.04. The smallest absolute Gasteiger partial charge is 0.313 e. The number of cyclic esters (lactones) is 1. The second kappa shape index (κ2) is 26.0. The number of aromatic amines is 1. The van der Waals surface area contributed by atoms with Crippen LogP contribution in [-0.4, -0.2) is 143 Å². The number of Topliss-reactive ketones (excluding diaryl/α,β-unsaturated/α-hetero) is 2. The molecule has 482 valence electrons. The number of nitrogens with zero attached hydrogens (tertiary/aromatic N) is 1. The molecule has 22 atom stereocenters. The Labute approximate surface area is 527 Å². The number of aliphatic hydroxyl groups excluding tert-OH is 5. The average Bonchev–Trinajstić information content (AvgIpc) is 1.20. The molecule has 9 aliphatic rings. The van der Waals surface area contributed by atoms with E-state index < -0.39 is 99.7 Å². The van der Waals surface area contributed by atoms with Gasteiger partial charge < -0.3 is 67.4 Å². The lowest BCUT2D eigenvalue weighted by molar-refractivity contribution is -0.214. The van der Waals surface area contributed by atoms with E-state index in [-0.39, 0.29) is 135 Å². The predicted molar refractivity (Wildman–Crippen MR) is 340 cm³/mol. The molecule has 11 rings (SSSR count). The number of hydrogen-bond donors (Lipinski definition) is 12. The Morgan fingerprint density at radius 2 is 1.68 bits per heavy atom. The van der Waals surface area contributed by atoms with Crippen LogP contribution in [0.25, 0.3) is 0 Å². The van der Waals surface area contributed by atoms with Gasteiger partial charge in [0, 0.05) is 90.3 Å². The van der Waals surface area contributed by atoms with Crippen molar-refractivity contribution in [3.05, 3.63) is 76.8 Å². The van der Waals surface area contributed by atoms with E-state index >= 15 is 14.7 Å². The molecular weight excluding hydrogens is 1150 g/mol. The zero-order valence-electron chi connectivity index (χ0n) is 51.8. The van der Waals surface area contributed by atoms with Gasteiger partial charge in [0.15, 0.2) is 17.5 Å². The molecule has 2 bridgehead atoms. The summed E-state index contributed by atoms with van der Waals surface area (Å²) in [7, 11) is 3.02. The molecule has 0 spiro atoms. The molecule has 17 nitrogen and oxygen atoms in total. The molecule has 88 heavy (non-hydrogen) atoms. The van der Waals surface area contributed by atoms with E-state index in [1.54, 1.807) is 31.2 Å². The molecule has 19 heteroatoms. The number of nitrogens with two attached hydrogens (primary N) is 2. The number of esters is 1. The van der Waals surface area contributed by atoms with Gasteiger partial charge in [-0.05, 0) is 166 Å². The molecule has 1 aromatic heterocycles. The highest BCUT2D eigenvalue weighted by atomic mass is 33.1. The molecule has 0 amide bonds. The molecule has 2 aromatic rings. The van der Waals surface area contributed by atoms with Gasteiger partial charge in [0.25, 0.3) is 0 Å². The molecule has 14 N–H and O–H groups in total. The Kier molecular flexibility index (Phi) is 19.2. The molecule has 2 saturated heterocycles. The maximum Gasteiger partial charge on any atom is 0.313 e. The quantitative estimate of drug-likeness (QED) is 0.0191. The highest BCUT2D eigenvalue weighted by Gasteiger charge is 2.77. The number of carbonyl (C=O) groups is 3. The van der Waals surface area contributed by atoms with Gasteiger partial charge in [-0.3, -0.25) is 19.4 Å². The Morgan fingerprint density at radius 1 is 0.909 bits per heavy atom. The number of aliphatic hydroxyl groups is 7. The summed E-state index contributed by atoms with van der Waals surface area (Å²) >= 11 is 0. The summed E-state index contributed by atoms with van der Waals surface area (Å²) < 4.78 is 5.97. The summed E-state index contributed by atoms with van der Waals surface area (Å²) in [5.41, 5.74) is 7.71. The maximum absolute atomic E-state index is 17.1. The lowest BCUT2D eigenvalue weighted by atomic mass is 9.37. The van der Waals surface area contributed by atoms with Crippen LogP contribution in [0.4, 0.5) is 0 Å². The molecule has 4 saturated carbocycles. The first-order chi connectivity index (χ1) is 42.1. The van der Waals surface area contributed by atoms with E-state index in [0.717, 1.165) is 43.2 Å². The van der Waals surface area contributed by atoms with E-state index in [2.05, 4.69) is 47.1 Å². The first kappa shape index (κ1) is 65.1. The fourth-order valence-electron chi connectivity index (χ4n) is 20.2. The lowest BCUT2D eigenvalue weighted by Gasteiger charge is -2.68. The summed E-state index contributed by atoms with van der Waals surface area (Å²) in [6.07, 6.45) is 9.62. The number of aromatic nitrogens is 1. The van der Waals surface area contributed by atoms with Gasteiger partial charge in [-0.25, -0.2) is 0 Å². The van der Waals surface area contributed by atoms with Crippen LogP contribution in [0.2, 0.25) is 0 Å². The Hall–Kier alpha value is -4.36. The van der Waals surface area contributed by atoms with E-state index in [9.17, 15) is 40.5 Å². The van der Waals surface area contributed by atoms with E-state index in [0.29, 0.717) is 49.3 Å². The van der Waals surface area contributed by atoms with Gasteiger partial charge in [-0.1, -0.05) is 91.3 Å². The Morgan fingerprint density at radius 3 is 2.40 bits per heavy atom. The number of guanidine groups is 1. The van der Waals surface area contributed by atoms with Crippen LogP contribution < -0.4 is 16.8 Å². The first-order valence-corrected chi connectivity index (χ1v) is 35.4. The van der Waals surface area contributed by atoms with E-state index in [1.165, 1.54) is 27.2 Å². The average molecular weight is 1250 g/mol. The third-order valence-corrected chi connectivity index (χ3v) is 27.0. The summed E-state index contributed by atoms with van der Waals surface area (Å²) in [5.74, 6) is 2.33. The van der Waals surface area contributed by atoms with Crippen LogP contribution >= 0.6 is 21.6 Å². The number of nitrogens with one attached hydrogen (secondary N) is 2. The highest BCUT2D eigenvalue weighted by molar-refractivity contribution is 8.76. The van der Waals surface area contributed by atoms with Gasteiger partial charge in [-0.2, -0.15) is 0 Å². The number of ketones is 2. The van der Waals surface area contributed by atoms with E-state index in [4.69, 9.17) is 16.2 Å². The molecule has 22 unspecified atom stereocenters. The van der Waals surface area contributed by atoms with Crippen LogP contribution in [0.5, 0.6) is 5.75 Å². The number of aliphatic imine (C=N–C) groups is 1. The number of rotatable bonds is 12. The second-order valence-electron chi connectivity index (χ2n) is 28.9. The van der Waals surface area contributed by atoms with Gasteiger partial charge >= 0.3 is 5.97 Å². The van der Waals surface area contributed by atoms with Crippen molar-refractivity contribution in [3.63, 3.8) is 0 Å². The number of hydrogen-bond acceptors (Lipinski definition) is 16. The number of ether oxygens (including phenoxy) is 1. The van der Waals surface area contributed by atoms with Crippen LogP contribution in [0, 0.1) is 93.2 Å². The van der Waals surface area contributed by atoms with Gasteiger partial charge in [0.1, 0.15) is 11.8 Å². The van der Waals surface area contributed by atoms with Crippen molar-refractivity contribution in [1.82, 2.24) is 10.3 Å². The maximum atomic E-state index is 17.1. The van der Waals surface area contributed by atoms with Gasteiger partial charge in [-0.15, -0.1) is 5.92 Å². The zero-order valence-corrected chi connectivity index (χ0v) is 53.5. The molecule has 0 radical (unpaired) electrons. The minimum absolute atomic E-state index is 0.00134. The third-order valence-electron chi connectivity index (χ3n) is 24.4. The fourth-order valence-corrected chi connectivity index (χ4v) is 23.1. The summed E-state index contributed by atoms with van der Waals surface area (Å²) in [6.45, 7) is 7.28. The number of phenols is 1.